The lowest BCUT2D eigenvalue weighted by atomic mass is 10.2. The van der Waals surface area contributed by atoms with Crippen LogP contribution >= 0.6 is 23.4 Å². The van der Waals surface area contributed by atoms with Crippen molar-refractivity contribution in [3.05, 3.63) is 23.2 Å². The second-order valence-corrected chi connectivity index (χ2v) is 5.95. The molecule has 8 heteroatoms. The summed E-state index contributed by atoms with van der Waals surface area (Å²) in [5.74, 6) is -2.99. The monoisotopic (exact) mass is 336 g/mol. The maximum atomic E-state index is 12.6. The van der Waals surface area contributed by atoms with Gasteiger partial charge in [0.15, 0.2) is 0 Å². The molecule has 21 heavy (non-hydrogen) atoms. The maximum absolute atomic E-state index is 12.6. The molecule has 4 nitrogen and oxygen atoms in total. The second-order valence-electron chi connectivity index (χ2n) is 4.54. The Morgan fingerprint density at radius 3 is 2.90 bits per heavy atom. The fraction of sp³-hybridized carbons (Fsp3) is 0.462. The van der Waals surface area contributed by atoms with Gasteiger partial charge < -0.3 is 15.8 Å². The predicted molar refractivity (Wildman–Crippen MR) is 78.9 cm³/mol. The molecule has 1 fully saturated rings. The van der Waals surface area contributed by atoms with Crippen molar-refractivity contribution in [2.24, 2.45) is 5.73 Å². The number of carbonyl (C=O) groups excluding carboxylic acids is 1. The minimum absolute atomic E-state index is 0.130. The summed E-state index contributed by atoms with van der Waals surface area (Å²) < 4.78 is 30.6. The van der Waals surface area contributed by atoms with E-state index in [2.05, 4.69) is 5.32 Å². The fourth-order valence-corrected chi connectivity index (χ4v) is 3.01. The van der Waals surface area contributed by atoms with E-state index in [4.69, 9.17) is 22.1 Å². The van der Waals surface area contributed by atoms with E-state index in [9.17, 15) is 13.6 Å². The van der Waals surface area contributed by atoms with E-state index in [-0.39, 0.29) is 27.6 Å². The van der Waals surface area contributed by atoms with Crippen molar-refractivity contribution in [3.8, 4) is 0 Å². The Morgan fingerprint density at radius 2 is 2.29 bits per heavy atom. The number of nitrogens with two attached hydrogens (primary N) is 1. The summed E-state index contributed by atoms with van der Waals surface area (Å²) in [7, 11) is 0. The molecule has 1 saturated heterocycles. The highest BCUT2D eigenvalue weighted by atomic mass is 35.5. The van der Waals surface area contributed by atoms with E-state index in [0.717, 1.165) is 0 Å². The Morgan fingerprint density at radius 1 is 1.52 bits per heavy atom. The predicted octanol–water partition coefficient (Wildman–Crippen LogP) is 3.10. The van der Waals surface area contributed by atoms with Gasteiger partial charge in [0, 0.05) is 6.54 Å². The molecular weight excluding hydrogens is 322 g/mol. The number of alkyl halides is 2. The van der Waals surface area contributed by atoms with Crippen molar-refractivity contribution in [2.75, 3.05) is 11.9 Å². The average molecular weight is 337 g/mol. The number of carbonyl (C=O) groups is 1. The van der Waals surface area contributed by atoms with Crippen LogP contribution < -0.4 is 11.1 Å². The molecule has 1 amide bonds. The average Bonchev–Trinajstić information content (AvgIpc) is 2.91. The van der Waals surface area contributed by atoms with Gasteiger partial charge in [-0.3, -0.25) is 4.79 Å². The molecule has 0 spiro atoms. The molecule has 0 saturated carbocycles. The largest absolute Gasteiger partial charge is 0.364 e. The lowest BCUT2D eigenvalue weighted by Gasteiger charge is -2.15. The molecule has 1 heterocycles. The Bertz CT molecular complexity index is 519. The summed E-state index contributed by atoms with van der Waals surface area (Å²) in [5.41, 5.74) is 5.75. The van der Waals surface area contributed by atoms with Gasteiger partial charge in [0.25, 0.3) is 11.7 Å². The van der Waals surface area contributed by atoms with Crippen molar-refractivity contribution in [1.29, 1.82) is 0 Å². The van der Waals surface area contributed by atoms with E-state index in [1.165, 1.54) is 12.1 Å². The Kier molecular flexibility index (Phi) is 5.80. The van der Waals surface area contributed by atoms with Crippen LogP contribution in [-0.4, -0.2) is 30.4 Å². The van der Waals surface area contributed by atoms with Crippen LogP contribution in [0.15, 0.2) is 23.1 Å². The molecule has 1 aliphatic rings. The first kappa shape index (κ1) is 16.5. The smallest absolute Gasteiger partial charge is 0.289 e. The number of rotatable bonds is 5. The van der Waals surface area contributed by atoms with Crippen LogP contribution in [0.1, 0.15) is 12.8 Å². The SMILES string of the molecule is NC[C@H]1CC[C@@H](C(=O)Nc2cccc(Cl)c2SC(F)F)O1. The molecule has 3 N–H and O–H groups in total. The minimum atomic E-state index is -2.62. The van der Waals surface area contributed by atoms with Gasteiger partial charge in [-0.25, -0.2) is 0 Å². The third kappa shape index (κ3) is 4.29. The first-order chi connectivity index (χ1) is 10.0. The third-order valence-corrected chi connectivity index (χ3v) is 4.38. The van der Waals surface area contributed by atoms with Crippen molar-refractivity contribution in [3.63, 3.8) is 0 Å². The van der Waals surface area contributed by atoms with E-state index < -0.39 is 11.9 Å². The van der Waals surface area contributed by atoms with Crippen molar-refractivity contribution >= 4 is 35.0 Å². The molecule has 1 aromatic carbocycles. The highest BCUT2D eigenvalue weighted by Gasteiger charge is 2.30. The Hall–Kier alpha value is -0.890. The zero-order valence-corrected chi connectivity index (χ0v) is 12.6. The molecule has 0 unspecified atom stereocenters. The fourth-order valence-electron chi connectivity index (χ4n) is 2.10. The van der Waals surface area contributed by atoms with Crippen molar-refractivity contribution in [1.82, 2.24) is 0 Å². The number of halogens is 3. The molecule has 0 aromatic heterocycles. The molecular formula is C13H15ClF2N2O2S. The van der Waals surface area contributed by atoms with Crippen LogP contribution in [0.2, 0.25) is 5.02 Å². The molecule has 0 bridgehead atoms. The number of hydrogen-bond donors (Lipinski definition) is 2. The highest BCUT2D eigenvalue weighted by Crippen LogP contribution is 2.37. The Labute approximate surface area is 130 Å². The summed E-state index contributed by atoms with van der Waals surface area (Å²) in [4.78, 5) is 12.3. The zero-order valence-electron chi connectivity index (χ0n) is 11.0. The number of ether oxygens (including phenoxy) is 1. The van der Waals surface area contributed by atoms with Crippen LogP contribution in [0.5, 0.6) is 0 Å². The Balaban J connectivity index is 2.09. The second kappa shape index (κ2) is 7.40. The lowest BCUT2D eigenvalue weighted by molar-refractivity contribution is -0.126. The first-order valence-electron chi connectivity index (χ1n) is 6.41. The summed E-state index contributed by atoms with van der Waals surface area (Å²) in [6, 6.07) is 4.62. The van der Waals surface area contributed by atoms with Gasteiger partial charge in [-0.15, -0.1) is 0 Å². The van der Waals surface area contributed by atoms with Crippen LogP contribution in [-0.2, 0) is 9.53 Å². The van der Waals surface area contributed by atoms with E-state index >= 15 is 0 Å². The number of nitrogens with one attached hydrogen (secondary N) is 1. The molecule has 2 atom stereocenters. The number of benzene rings is 1. The van der Waals surface area contributed by atoms with Crippen LogP contribution in [0, 0.1) is 0 Å². The zero-order chi connectivity index (χ0) is 15.4. The van der Waals surface area contributed by atoms with Gasteiger partial charge in [0.2, 0.25) is 0 Å². The van der Waals surface area contributed by atoms with Crippen molar-refractivity contribution in [2.45, 2.75) is 35.7 Å². The standard InChI is InChI=1S/C13H15ClF2N2O2S/c14-8-2-1-3-9(11(8)21-13(15)16)18-12(19)10-5-4-7(6-17)20-10/h1-3,7,10,13H,4-6,17H2,(H,18,19)/t7-,10+/m1/s1. The first-order valence-corrected chi connectivity index (χ1v) is 7.66. The normalized spacial score (nSPS) is 21.8. The third-order valence-electron chi connectivity index (χ3n) is 3.09. The highest BCUT2D eigenvalue weighted by molar-refractivity contribution is 7.99. The maximum Gasteiger partial charge on any atom is 0.289 e. The summed E-state index contributed by atoms with van der Waals surface area (Å²) in [6.45, 7) is 0.355. The van der Waals surface area contributed by atoms with Gasteiger partial charge in [0.05, 0.1) is 21.7 Å². The summed E-state index contributed by atoms with van der Waals surface area (Å²) in [6.07, 6.45) is 0.533. The van der Waals surface area contributed by atoms with Crippen LogP contribution in [0.4, 0.5) is 14.5 Å². The molecule has 1 aliphatic heterocycles. The number of amides is 1. The molecule has 0 radical (unpaired) electrons. The van der Waals surface area contributed by atoms with Gasteiger partial charge in [-0.1, -0.05) is 29.4 Å². The molecule has 2 rings (SSSR count). The van der Waals surface area contributed by atoms with E-state index in [1.54, 1.807) is 6.07 Å². The summed E-state index contributed by atoms with van der Waals surface area (Å²) >= 11 is 6.21. The van der Waals surface area contributed by atoms with Crippen molar-refractivity contribution < 1.29 is 18.3 Å². The van der Waals surface area contributed by atoms with Gasteiger partial charge in [0.1, 0.15) is 6.10 Å². The topological polar surface area (TPSA) is 64.4 Å². The molecule has 1 aromatic rings. The number of anilines is 1. The number of hydrogen-bond acceptors (Lipinski definition) is 4. The molecule has 0 aliphatic carbocycles. The lowest BCUT2D eigenvalue weighted by Crippen LogP contribution is -2.30. The van der Waals surface area contributed by atoms with Gasteiger partial charge in [-0.2, -0.15) is 8.78 Å². The van der Waals surface area contributed by atoms with E-state index in [0.29, 0.717) is 31.1 Å². The van der Waals surface area contributed by atoms with Crippen LogP contribution in [0.25, 0.3) is 0 Å². The van der Waals surface area contributed by atoms with Gasteiger partial charge in [-0.05, 0) is 25.0 Å². The quantitative estimate of drug-likeness (QED) is 0.811. The minimum Gasteiger partial charge on any atom is -0.364 e. The van der Waals surface area contributed by atoms with Crippen LogP contribution in [0.3, 0.4) is 0 Å². The van der Waals surface area contributed by atoms with Gasteiger partial charge >= 0.3 is 0 Å². The number of thioether (sulfide) groups is 1. The molecule has 116 valence electrons. The van der Waals surface area contributed by atoms with E-state index in [1.807, 2.05) is 0 Å². The summed E-state index contributed by atoms with van der Waals surface area (Å²) in [5, 5.41) is 2.77.